The van der Waals surface area contributed by atoms with Gasteiger partial charge in [0.25, 0.3) is 17.7 Å². The molecule has 3 aromatic carbocycles. The molecule has 34 heavy (non-hydrogen) atoms. The van der Waals surface area contributed by atoms with Gasteiger partial charge in [-0.2, -0.15) is 5.10 Å². The molecule has 168 valence electrons. The van der Waals surface area contributed by atoms with Crippen molar-refractivity contribution >= 4 is 40.7 Å². The van der Waals surface area contributed by atoms with Crippen LogP contribution in [0.25, 0.3) is 5.69 Å². The predicted molar refractivity (Wildman–Crippen MR) is 125 cm³/mol. The molecule has 1 aliphatic rings. The summed E-state index contributed by atoms with van der Waals surface area (Å²) in [7, 11) is 0. The van der Waals surface area contributed by atoms with E-state index >= 15 is 0 Å². The predicted octanol–water partition coefficient (Wildman–Crippen LogP) is 5.03. The van der Waals surface area contributed by atoms with Crippen molar-refractivity contribution in [2.75, 3.05) is 10.2 Å². The number of anilines is 2. The van der Waals surface area contributed by atoms with Gasteiger partial charge in [0.1, 0.15) is 11.5 Å². The molecule has 3 amide bonds. The van der Waals surface area contributed by atoms with Gasteiger partial charge in [-0.3, -0.25) is 14.4 Å². The Balaban J connectivity index is 1.39. The molecule has 0 atom stereocenters. The second-order valence-electron chi connectivity index (χ2n) is 7.62. The highest BCUT2D eigenvalue weighted by Gasteiger charge is 2.37. The summed E-state index contributed by atoms with van der Waals surface area (Å²) in [5, 5.41) is 6.97. The maximum atomic E-state index is 14.1. The number of nitrogens with zero attached hydrogens (tertiary/aromatic N) is 3. The first-order chi connectivity index (χ1) is 16.4. The van der Waals surface area contributed by atoms with Gasteiger partial charge < -0.3 is 5.32 Å². The van der Waals surface area contributed by atoms with Crippen molar-refractivity contribution < 1.29 is 18.8 Å². The van der Waals surface area contributed by atoms with Crippen LogP contribution in [0.15, 0.2) is 72.9 Å². The molecule has 0 fully saturated rings. The summed E-state index contributed by atoms with van der Waals surface area (Å²) in [6.45, 7) is 1.66. The van der Waals surface area contributed by atoms with Crippen LogP contribution >= 0.6 is 11.6 Å². The average Bonchev–Trinajstić information content (AvgIpc) is 3.32. The van der Waals surface area contributed by atoms with Gasteiger partial charge in [-0.15, -0.1) is 0 Å². The number of nitrogens with one attached hydrogen (secondary N) is 1. The third-order valence-corrected chi connectivity index (χ3v) is 5.88. The number of para-hydroxylation sites is 1. The Morgan fingerprint density at radius 2 is 1.59 bits per heavy atom. The zero-order valence-corrected chi connectivity index (χ0v) is 18.5. The first-order valence-corrected chi connectivity index (χ1v) is 10.6. The Kier molecular flexibility index (Phi) is 5.22. The third-order valence-electron chi connectivity index (χ3n) is 5.58. The fourth-order valence-electron chi connectivity index (χ4n) is 3.87. The SMILES string of the molecule is Cc1c(C(=O)Nc2ccc(N3C(=O)c4ccccc4C3=O)c(Cl)c2)cnn1-c1ccccc1F. The average molecular weight is 475 g/mol. The molecule has 0 radical (unpaired) electrons. The molecule has 2 heterocycles. The van der Waals surface area contributed by atoms with Gasteiger partial charge in [0, 0.05) is 5.69 Å². The number of rotatable bonds is 4. The number of fused-ring (bicyclic) bond motifs is 1. The Hall–Kier alpha value is -4.30. The number of carbonyl (C=O) groups is 3. The number of imide groups is 1. The largest absolute Gasteiger partial charge is 0.322 e. The van der Waals surface area contributed by atoms with E-state index in [2.05, 4.69) is 10.4 Å². The van der Waals surface area contributed by atoms with E-state index in [0.717, 1.165) is 4.90 Å². The van der Waals surface area contributed by atoms with Crippen molar-refractivity contribution in [1.82, 2.24) is 9.78 Å². The van der Waals surface area contributed by atoms with E-state index in [0.29, 0.717) is 22.5 Å². The smallest absolute Gasteiger partial charge is 0.266 e. The molecule has 0 saturated carbocycles. The second kappa shape index (κ2) is 8.24. The second-order valence-corrected chi connectivity index (χ2v) is 8.03. The van der Waals surface area contributed by atoms with E-state index in [9.17, 15) is 18.8 Å². The van der Waals surface area contributed by atoms with Crippen LogP contribution in [0, 0.1) is 12.7 Å². The van der Waals surface area contributed by atoms with Gasteiger partial charge in [-0.25, -0.2) is 14.0 Å². The van der Waals surface area contributed by atoms with E-state index in [1.54, 1.807) is 55.5 Å². The summed E-state index contributed by atoms with van der Waals surface area (Å²) in [6.07, 6.45) is 1.35. The van der Waals surface area contributed by atoms with E-state index in [4.69, 9.17) is 11.6 Å². The van der Waals surface area contributed by atoms with Crippen molar-refractivity contribution in [2.24, 2.45) is 0 Å². The molecule has 0 spiro atoms. The summed E-state index contributed by atoms with van der Waals surface area (Å²) < 4.78 is 15.5. The summed E-state index contributed by atoms with van der Waals surface area (Å²) in [4.78, 5) is 39.3. The lowest BCUT2D eigenvalue weighted by molar-refractivity contribution is 0.0924. The number of hydrogen-bond donors (Lipinski definition) is 1. The highest BCUT2D eigenvalue weighted by atomic mass is 35.5. The highest BCUT2D eigenvalue weighted by molar-refractivity contribution is 6.40. The number of aromatic nitrogens is 2. The third kappa shape index (κ3) is 3.45. The summed E-state index contributed by atoms with van der Waals surface area (Å²) in [5.41, 5.74) is 2.13. The Morgan fingerprint density at radius 1 is 0.941 bits per heavy atom. The standard InChI is InChI=1S/C25H16ClFN4O3/c1-14-18(13-28-31(14)22-9-5-4-8-20(22)27)23(32)29-15-10-11-21(19(26)12-15)30-24(33)16-6-2-3-7-17(16)25(30)34/h2-13H,1H3,(H,29,32). The minimum Gasteiger partial charge on any atom is -0.322 e. The molecule has 1 aliphatic heterocycles. The van der Waals surface area contributed by atoms with Gasteiger partial charge in [-0.1, -0.05) is 35.9 Å². The maximum absolute atomic E-state index is 14.1. The van der Waals surface area contributed by atoms with Gasteiger partial charge in [0.15, 0.2) is 0 Å². The molecule has 0 saturated heterocycles. The maximum Gasteiger partial charge on any atom is 0.266 e. The molecule has 4 aromatic rings. The fourth-order valence-corrected chi connectivity index (χ4v) is 4.14. The molecule has 0 unspecified atom stereocenters. The van der Waals surface area contributed by atoms with Crippen LogP contribution in [0.3, 0.4) is 0 Å². The van der Waals surface area contributed by atoms with Crippen LogP contribution in [0.4, 0.5) is 15.8 Å². The lowest BCUT2D eigenvalue weighted by Gasteiger charge is -2.16. The van der Waals surface area contributed by atoms with Gasteiger partial charge in [0.2, 0.25) is 0 Å². The first-order valence-electron chi connectivity index (χ1n) is 10.2. The number of hydrogen-bond acceptors (Lipinski definition) is 4. The fraction of sp³-hybridized carbons (Fsp3) is 0.0400. The topological polar surface area (TPSA) is 84.3 Å². The lowest BCUT2D eigenvalue weighted by atomic mass is 10.1. The summed E-state index contributed by atoms with van der Waals surface area (Å²) in [5.74, 6) is -1.85. The van der Waals surface area contributed by atoms with Gasteiger partial charge >= 0.3 is 0 Å². The van der Waals surface area contributed by atoms with Gasteiger partial charge in [0.05, 0.1) is 39.3 Å². The Bertz CT molecular complexity index is 1460. The van der Waals surface area contributed by atoms with E-state index < -0.39 is 23.5 Å². The minimum absolute atomic E-state index is 0.117. The molecule has 1 N–H and O–H groups in total. The van der Waals surface area contributed by atoms with Crippen LogP contribution in [0.1, 0.15) is 36.8 Å². The monoisotopic (exact) mass is 474 g/mol. The molecule has 0 aliphatic carbocycles. The minimum atomic E-state index is -0.468. The van der Waals surface area contributed by atoms with Gasteiger partial charge in [-0.05, 0) is 49.4 Å². The van der Waals surface area contributed by atoms with Crippen molar-refractivity contribution in [1.29, 1.82) is 0 Å². The quantitative estimate of drug-likeness (QED) is 0.421. The van der Waals surface area contributed by atoms with Crippen molar-refractivity contribution in [3.63, 3.8) is 0 Å². The highest BCUT2D eigenvalue weighted by Crippen LogP contribution is 2.35. The van der Waals surface area contributed by atoms with E-state index in [1.165, 1.54) is 29.1 Å². The molecule has 0 bridgehead atoms. The molecule has 7 nitrogen and oxygen atoms in total. The number of carbonyl (C=O) groups excluding carboxylic acids is 3. The van der Waals surface area contributed by atoms with Crippen LogP contribution in [-0.2, 0) is 0 Å². The normalized spacial score (nSPS) is 12.7. The van der Waals surface area contributed by atoms with Crippen LogP contribution in [0.2, 0.25) is 5.02 Å². The molecular formula is C25H16ClFN4O3. The van der Waals surface area contributed by atoms with Crippen LogP contribution < -0.4 is 10.2 Å². The number of amides is 3. The summed E-state index contributed by atoms with van der Waals surface area (Å²) in [6, 6.07) is 17.2. The molecule has 5 rings (SSSR count). The zero-order chi connectivity index (χ0) is 24.0. The van der Waals surface area contributed by atoms with Crippen molar-refractivity contribution in [2.45, 2.75) is 6.92 Å². The summed E-state index contributed by atoms with van der Waals surface area (Å²) >= 11 is 6.39. The Morgan fingerprint density at radius 3 is 2.24 bits per heavy atom. The molecule has 1 aromatic heterocycles. The van der Waals surface area contributed by atoms with Crippen molar-refractivity contribution in [3.8, 4) is 5.69 Å². The molecular weight excluding hydrogens is 459 g/mol. The number of benzene rings is 3. The zero-order valence-electron chi connectivity index (χ0n) is 17.8. The first kappa shape index (κ1) is 21.5. The van der Waals surface area contributed by atoms with E-state index in [-0.39, 0.29) is 22.0 Å². The number of halogens is 2. The van der Waals surface area contributed by atoms with Crippen LogP contribution in [-0.4, -0.2) is 27.5 Å². The van der Waals surface area contributed by atoms with E-state index in [1.807, 2.05) is 0 Å². The lowest BCUT2D eigenvalue weighted by Crippen LogP contribution is -2.29. The van der Waals surface area contributed by atoms with Crippen LogP contribution in [0.5, 0.6) is 0 Å². The van der Waals surface area contributed by atoms with Crippen molar-refractivity contribution in [3.05, 3.63) is 106 Å². The molecule has 9 heteroatoms. The Labute approximate surface area is 198 Å².